The maximum absolute atomic E-state index is 10.9. The Labute approximate surface area is 90.5 Å². The first kappa shape index (κ1) is 12.9. The summed E-state index contributed by atoms with van der Waals surface area (Å²) in [5.41, 5.74) is 0. The van der Waals surface area contributed by atoms with Gasteiger partial charge in [0.1, 0.15) is 0 Å². The number of hydrogen-bond acceptors (Lipinski definition) is 5. The summed E-state index contributed by atoms with van der Waals surface area (Å²) in [5, 5.41) is 9.42. The van der Waals surface area contributed by atoms with Gasteiger partial charge >= 0.3 is 0 Å². The Bertz CT molecular complexity index is 279. The van der Waals surface area contributed by atoms with Crippen molar-refractivity contribution in [2.24, 2.45) is 5.92 Å². The SMILES string of the molecule is COC(O)C1CCC(OS(C)(=O)=O)CC1. The molecule has 1 saturated carbocycles. The summed E-state index contributed by atoms with van der Waals surface area (Å²) < 4.78 is 31.5. The Hall–Kier alpha value is -0.170. The number of aliphatic hydroxyl groups excluding tert-OH is 1. The lowest BCUT2D eigenvalue weighted by Gasteiger charge is -2.29. The van der Waals surface area contributed by atoms with Gasteiger partial charge in [-0.25, -0.2) is 0 Å². The predicted molar refractivity (Wildman–Crippen MR) is 54.7 cm³/mol. The summed E-state index contributed by atoms with van der Waals surface area (Å²) in [6.45, 7) is 0. The second-order valence-electron chi connectivity index (χ2n) is 3.96. The average Bonchev–Trinajstić information content (AvgIpc) is 2.15. The van der Waals surface area contributed by atoms with Crippen molar-refractivity contribution in [1.82, 2.24) is 0 Å². The first-order valence-corrected chi connectivity index (χ1v) is 6.83. The molecule has 5 nitrogen and oxygen atoms in total. The number of ether oxygens (including phenoxy) is 1. The van der Waals surface area contributed by atoms with Crippen LogP contribution >= 0.6 is 0 Å². The van der Waals surface area contributed by atoms with Gasteiger partial charge in [0.15, 0.2) is 6.29 Å². The molecule has 0 aliphatic heterocycles. The van der Waals surface area contributed by atoms with Crippen molar-refractivity contribution >= 4 is 10.1 Å². The Morgan fingerprint density at radius 2 is 1.80 bits per heavy atom. The van der Waals surface area contributed by atoms with Crippen LogP contribution in [0.25, 0.3) is 0 Å². The maximum Gasteiger partial charge on any atom is 0.264 e. The van der Waals surface area contributed by atoms with Gasteiger partial charge in [0.2, 0.25) is 0 Å². The van der Waals surface area contributed by atoms with Gasteiger partial charge in [-0.1, -0.05) is 0 Å². The van der Waals surface area contributed by atoms with E-state index in [0.717, 1.165) is 19.1 Å². The molecule has 1 aliphatic rings. The summed E-state index contributed by atoms with van der Waals surface area (Å²) in [7, 11) is -1.90. The molecule has 1 N–H and O–H groups in total. The molecule has 6 heteroatoms. The van der Waals surface area contributed by atoms with Crippen LogP contribution in [0.5, 0.6) is 0 Å². The maximum atomic E-state index is 10.9. The molecular formula is C9H18O5S. The fraction of sp³-hybridized carbons (Fsp3) is 1.00. The molecule has 0 aromatic rings. The van der Waals surface area contributed by atoms with E-state index in [4.69, 9.17) is 8.92 Å². The first-order chi connectivity index (χ1) is 6.92. The van der Waals surface area contributed by atoms with E-state index in [2.05, 4.69) is 0 Å². The van der Waals surface area contributed by atoms with Gasteiger partial charge < -0.3 is 9.84 Å². The normalized spacial score (nSPS) is 30.1. The molecule has 0 aromatic heterocycles. The fourth-order valence-corrected chi connectivity index (χ4v) is 2.60. The molecule has 1 aliphatic carbocycles. The van der Waals surface area contributed by atoms with E-state index in [1.54, 1.807) is 0 Å². The lowest BCUT2D eigenvalue weighted by molar-refractivity contribution is -0.124. The number of rotatable bonds is 4. The molecule has 0 aromatic carbocycles. The predicted octanol–water partition coefficient (Wildman–Crippen LogP) is 0.486. The molecular weight excluding hydrogens is 220 g/mol. The second kappa shape index (κ2) is 5.25. The molecule has 0 bridgehead atoms. The summed E-state index contributed by atoms with van der Waals surface area (Å²) in [6.07, 6.45) is 2.84. The molecule has 15 heavy (non-hydrogen) atoms. The Kier molecular flexibility index (Phi) is 4.51. The van der Waals surface area contributed by atoms with Gasteiger partial charge in [-0.3, -0.25) is 4.18 Å². The zero-order valence-electron chi connectivity index (χ0n) is 9.05. The molecule has 0 saturated heterocycles. The number of hydrogen-bond donors (Lipinski definition) is 1. The van der Waals surface area contributed by atoms with Crippen LogP contribution in [0.15, 0.2) is 0 Å². The highest BCUT2D eigenvalue weighted by atomic mass is 32.2. The van der Waals surface area contributed by atoms with E-state index in [9.17, 15) is 13.5 Å². The van der Waals surface area contributed by atoms with Crippen LogP contribution in [0.3, 0.4) is 0 Å². The smallest absolute Gasteiger partial charge is 0.264 e. The molecule has 0 heterocycles. The van der Waals surface area contributed by atoms with Crippen LogP contribution in [0.2, 0.25) is 0 Å². The third-order valence-electron chi connectivity index (χ3n) is 2.67. The lowest BCUT2D eigenvalue weighted by atomic mass is 9.87. The summed E-state index contributed by atoms with van der Waals surface area (Å²) in [6, 6.07) is 0. The van der Waals surface area contributed by atoms with Gasteiger partial charge in [-0.2, -0.15) is 8.42 Å². The third-order valence-corrected chi connectivity index (χ3v) is 3.30. The minimum Gasteiger partial charge on any atom is -0.368 e. The highest BCUT2D eigenvalue weighted by Crippen LogP contribution is 2.29. The largest absolute Gasteiger partial charge is 0.368 e. The van der Waals surface area contributed by atoms with E-state index in [0.29, 0.717) is 12.8 Å². The van der Waals surface area contributed by atoms with Crippen LogP contribution in [0.4, 0.5) is 0 Å². The molecule has 0 radical (unpaired) electrons. The molecule has 1 atom stereocenters. The van der Waals surface area contributed by atoms with E-state index in [-0.39, 0.29) is 12.0 Å². The molecule has 1 fully saturated rings. The van der Waals surface area contributed by atoms with Crippen LogP contribution in [0.1, 0.15) is 25.7 Å². The van der Waals surface area contributed by atoms with Crippen molar-refractivity contribution in [3.63, 3.8) is 0 Å². The van der Waals surface area contributed by atoms with Gasteiger partial charge in [-0.15, -0.1) is 0 Å². The Balaban J connectivity index is 2.36. The molecule has 1 unspecified atom stereocenters. The first-order valence-electron chi connectivity index (χ1n) is 5.01. The van der Waals surface area contributed by atoms with Gasteiger partial charge in [0.25, 0.3) is 10.1 Å². The zero-order valence-corrected chi connectivity index (χ0v) is 9.87. The standard InChI is InChI=1S/C9H18O5S/c1-13-9(10)7-3-5-8(6-4-7)14-15(2,11)12/h7-10H,3-6H2,1-2H3. The summed E-state index contributed by atoms with van der Waals surface area (Å²) in [4.78, 5) is 0. The van der Waals surface area contributed by atoms with Crippen LogP contribution < -0.4 is 0 Å². The van der Waals surface area contributed by atoms with Gasteiger partial charge in [-0.05, 0) is 25.7 Å². The summed E-state index contributed by atoms with van der Waals surface area (Å²) in [5.74, 6) is 0.0920. The van der Waals surface area contributed by atoms with Crippen molar-refractivity contribution in [1.29, 1.82) is 0 Å². The van der Waals surface area contributed by atoms with Crippen LogP contribution in [-0.4, -0.2) is 39.3 Å². The fourth-order valence-electron chi connectivity index (χ4n) is 1.91. The van der Waals surface area contributed by atoms with Crippen molar-refractivity contribution in [3.8, 4) is 0 Å². The zero-order chi connectivity index (χ0) is 11.5. The quantitative estimate of drug-likeness (QED) is 0.570. The van der Waals surface area contributed by atoms with Crippen LogP contribution in [0, 0.1) is 5.92 Å². The Morgan fingerprint density at radius 3 is 2.20 bits per heavy atom. The topological polar surface area (TPSA) is 72.8 Å². The highest BCUT2D eigenvalue weighted by Gasteiger charge is 2.28. The van der Waals surface area contributed by atoms with E-state index < -0.39 is 16.4 Å². The van der Waals surface area contributed by atoms with Crippen molar-refractivity contribution in [2.45, 2.75) is 38.1 Å². The van der Waals surface area contributed by atoms with Crippen LogP contribution in [-0.2, 0) is 19.0 Å². The monoisotopic (exact) mass is 238 g/mol. The average molecular weight is 238 g/mol. The summed E-state index contributed by atoms with van der Waals surface area (Å²) >= 11 is 0. The molecule has 0 spiro atoms. The minimum absolute atomic E-state index is 0.0920. The molecule has 90 valence electrons. The highest BCUT2D eigenvalue weighted by molar-refractivity contribution is 7.86. The minimum atomic E-state index is -3.36. The number of aliphatic hydroxyl groups is 1. The Morgan fingerprint density at radius 1 is 1.27 bits per heavy atom. The van der Waals surface area contributed by atoms with E-state index in [1.165, 1.54) is 7.11 Å². The molecule has 1 rings (SSSR count). The van der Waals surface area contributed by atoms with Crippen molar-refractivity contribution in [3.05, 3.63) is 0 Å². The van der Waals surface area contributed by atoms with Gasteiger partial charge in [0, 0.05) is 13.0 Å². The lowest BCUT2D eigenvalue weighted by Crippen LogP contribution is -2.30. The molecule has 0 amide bonds. The van der Waals surface area contributed by atoms with Crippen molar-refractivity contribution < 1.29 is 22.4 Å². The number of methoxy groups -OCH3 is 1. The van der Waals surface area contributed by atoms with E-state index >= 15 is 0 Å². The third kappa shape index (κ3) is 4.46. The van der Waals surface area contributed by atoms with Gasteiger partial charge in [0.05, 0.1) is 12.4 Å². The van der Waals surface area contributed by atoms with E-state index in [1.807, 2.05) is 0 Å². The second-order valence-corrected chi connectivity index (χ2v) is 5.56. The van der Waals surface area contributed by atoms with Crippen molar-refractivity contribution in [2.75, 3.05) is 13.4 Å².